The van der Waals surface area contributed by atoms with E-state index in [-0.39, 0.29) is 12.1 Å². The van der Waals surface area contributed by atoms with Crippen molar-refractivity contribution >= 4 is 10.0 Å². The first-order valence-corrected chi connectivity index (χ1v) is 8.94. The van der Waals surface area contributed by atoms with Crippen LogP contribution in [0.25, 0.3) is 0 Å². The maximum absolute atomic E-state index is 12.5. The van der Waals surface area contributed by atoms with Crippen molar-refractivity contribution in [1.29, 1.82) is 0 Å². The first kappa shape index (κ1) is 14.0. The number of rotatable bonds is 3. The highest BCUT2D eigenvalue weighted by Gasteiger charge is 2.27. The highest BCUT2D eigenvalue weighted by atomic mass is 32.2. The second-order valence-electron chi connectivity index (χ2n) is 5.96. The third kappa shape index (κ3) is 2.75. The van der Waals surface area contributed by atoms with Gasteiger partial charge in [-0.05, 0) is 55.4 Å². The van der Waals surface area contributed by atoms with Gasteiger partial charge in [0.2, 0.25) is 10.0 Å². The first-order chi connectivity index (χ1) is 9.56. The number of sulfonamides is 1. The van der Waals surface area contributed by atoms with Crippen LogP contribution in [0.5, 0.6) is 0 Å². The molecular weight excluding hydrogens is 272 g/mol. The minimum absolute atomic E-state index is 0.0621. The monoisotopic (exact) mass is 294 g/mol. The van der Waals surface area contributed by atoms with Gasteiger partial charge in [-0.1, -0.05) is 18.9 Å². The summed E-state index contributed by atoms with van der Waals surface area (Å²) in [5.74, 6) is 0. The van der Waals surface area contributed by atoms with Gasteiger partial charge in [-0.15, -0.1) is 0 Å². The Morgan fingerprint density at radius 3 is 2.60 bits per heavy atom. The fourth-order valence-electron chi connectivity index (χ4n) is 3.29. The van der Waals surface area contributed by atoms with Crippen LogP contribution in [0.15, 0.2) is 23.1 Å². The van der Waals surface area contributed by atoms with Gasteiger partial charge in [-0.3, -0.25) is 0 Å². The molecule has 2 unspecified atom stereocenters. The molecule has 1 aromatic rings. The zero-order valence-electron chi connectivity index (χ0n) is 11.6. The van der Waals surface area contributed by atoms with E-state index in [1.807, 2.05) is 12.1 Å². The average Bonchev–Trinajstić information content (AvgIpc) is 2.88. The van der Waals surface area contributed by atoms with E-state index in [1.54, 1.807) is 6.07 Å². The SMILES string of the molecule is NC1CCCCC1NS(=O)(=O)c1ccc2c(c1)CCC2. The lowest BCUT2D eigenvalue weighted by molar-refractivity contribution is 0.361. The Hall–Kier alpha value is -0.910. The number of nitrogens with two attached hydrogens (primary N) is 1. The molecule has 0 spiro atoms. The summed E-state index contributed by atoms with van der Waals surface area (Å²) in [6, 6.07) is 5.33. The number of hydrogen-bond donors (Lipinski definition) is 2. The maximum atomic E-state index is 12.5. The van der Waals surface area contributed by atoms with Crippen molar-refractivity contribution < 1.29 is 8.42 Å². The Labute approximate surface area is 120 Å². The van der Waals surface area contributed by atoms with Crippen molar-refractivity contribution in [2.75, 3.05) is 0 Å². The van der Waals surface area contributed by atoms with Crippen LogP contribution >= 0.6 is 0 Å². The van der Waals surface area contributed by atoms with Gasteiger partial charge in [0.1, 0.15) is 0 Å². The van der Waals surface area contributed by atoms with Crippen molar-refractivity contribution in [3.05, 3.63) is 29.3 Å². The highest BCUT2D eigenvalue weighted by molar-refractivity contribution is 7.89. The number of benzene rings is 1. The number of aryl methyl sites for hydroxylation is 2. The highest BCUT2D eigenvalue weighted by Crippen LogP contribution is 2.25. The van der Waals surface area contributed by atoms with Gasteiger partial charge >= 0.3 is 0 Å². The topological polar surface area (TPSA) is 72.2 Å². The molecule has 1 aromatic carbocycles. The molecule has 0 amide bonds. The van der Waals surface area contributed by atoms with E-state index in [2.05, 4.69) is 4.72 Å². The van der Waals surface area contributed by atoms with Gasteiger partial charge in [0, 0.05) is 12.1 Å². The molecule has 0 saturated heterocycles. The molecule has 110 valence electrons. The van der Waals surface area contributed by atoms with Gasteiger partial charge in [-0.2, -0.15) is 0 Å². The Kier molecular flexibility index (Phi) is 3.84. The third-order valence-corrected chi connectivity index (χ3v) is 5.99. The minimum atomic E-state index is -3.44. The van der Waals surface area contributed by atoms with Gasteiger partial charge < -0.3 is 5.73 Å². The lowest BCUT2D eigenvalue weighted by Crippen LogP contribution is -2.49. The minimum Gasteiger partial charge on any atom is -0.326 e. The third-order valence-electron chi connectivity index (χ3n) is 4.51. The zero-order chi connectivity index (χ0) is 14.2. The maximum Gasteiger partial charge on any atom is 0.240 e. The average molecular weight is 294 g/mol. The van der Waals surface area contributed by atoms with E-state index in [0.29, 0.717) is 4.90 Å². The summed E-state index contributed by atoms with van der Waals surface area (Å²) in [5, 5.41) is 0. The molecule has 2 atom stereocenters. The largest absolute Gasteiger partial charge is 0.326 e. The van der Waals surface area contributed by atoms with Crippen LogP contribution in [-0.4, -0.2) is 20.5 Å². The second kappa shape index (κ2) is 5.47. The van der Waals surface area contributed by atoms with Crippen LogP contribution in [0.1, 0.15) is 43.2 Å². The van der Waals surface area contributed by atoms with Gasteiger partial charge in [0.15, 0.2) is 0 Å². The van der Waals surface area contributed by atoms with Crippen LogP contribution in [-0.2, 0) is 22.9 Å². The molecule has 5 heteroatoms. The van der Waals surface area contributed by atoms with Crippen molar-refractivity contribution in [3.63, 3.8) is 0 Å². The molecule has 3 rings (SSSR count). The molecule has 2 aliphatic carbocycles. The lowest BCUT2D eigenvalue weighted by Gasteiger charge is -2.29. The van der Waals surface area contributed by atoms with Crippen molar-refractivity contribution in [3.8, 4) is 0 Å². The fraction of sp³-hybridized carbons (Fsp3) is 0.600. The summed E-state index contributed by atoms with van der Waals surface area (Å²) in [4.78, 5) is 0.385. The molecule has 0 aromatic heterocycles. The summed E-state index contributed by atoms with van der Waals surface area (Å²) in [7, 11) is -3.44. The van der Waals surface area contributed by atoms with Gasteiger partial charge in [-0.25, -0.2) is 13.1 Å². The smallest absolute Gasteiger partial charge is 0.240 e. The summed E-state index contributed by atoms with van der Waals surface area (Å²) in [6.07, 6.45) is 7.06. The second-order valence-corrected chi connectivity index (χ2v) is 7.67. The molecule has 3 N–H and O–H groups in total. The Balaban J connectivity index is 1.81. The number of nitrogens with one attached hydrogen (secondary N) is 1. The molecule has 1 saturated carbocycles. The molecule has 4 nitrogen and oxygen atoms in total. The normalized spacial score (nSPS) is 26.4. The summed E-state index contributed by atoms with van der Waals surface area (Å²) < 4.78 is 27.8. The van der Waals surface area contributed by atoms with Crippen LogP contribution < -0.4 is 10.5 Å². The molecular formula is C15H22N2O2S. The number of hydrogen-bond acceptors (Lipinski definition) is 3. The van der Waals surface area contributed by atoms with E-state index < -0.39 is 10.0 Å². The van der Waals surface area contributed by atoms with Crippen LogP contribution in [0, 0.1) is 0 Å². The van der Waals surface area contributed by atoms with Crippen LogP contribution in [0.3, 0.4) is 0 Å². The molecule has 1 fully saturated rings. The van der Waals surface area contributed by atoms with E-state index in [0.717, 1.165) is 44.9 Å². The van der Waals surface area contributed by atoms with Gasteiger partial charge in [0.05, 0.1) is 4.90 Å². The van der Waals surface area contributed by atoms with E-state index in [1.165, 1.54) is 11.1 Å². The summed E-state index contributed by atoms with van der Waals surface area (Å²) >= 11 is 0. The first-order valence-electron chi connectivity index (χ1n) is 7.46. The van der Waals surface area contributed by atoms with Crippen molar-refractivity contribution in [2.24, 2.45) is 5.73 Å². The van der Waals surface area contributed by atoms with E-state index >= 15 is 0 Å². The van der Waals surface area contributed by atoms with Crippen LogP contribution in [0.4, 0.5) is 0 Å². The van der Waals surface area contributed by atoms with Crippen molar-refractivity contribution in [1.82, 2.24) is 4.72 Å². The lowest BCUT2D eigenvalue weighted by atomic mass is 9.92. The Bertz CT molecular complexity index is 598. The molecule has 20 heavy (non-hydrogen) atoms. The van der Waals surface area contributed by atoms with E-state index in [4.69, 9.17) is 5.73 Å². The molecule has 0 heterocycles. The Morgan fingerprint density at radius 1 is 1.05 bits per heavy atom. The van der Waals surface area contributed by atoms with Crippen molar-refractivity contribution in [2.45, 2.75) is 61.9 Å². The predicted octanol–water partition coefficient (Wildman–Crippen LogP) is 1.72. The van der Waals surface area contributed by atoms with Gasteiger partial charge in [0.25, 0.3) is 0 Å². The zero-order valence-corrected chi connectivity index (χ0v) is 12.5. The van der Waals surface area contributed by atoms with Crippen LogP contribution in [0.2, 0.25) is 0 Å². The molecule has 0 radical (unpaired) electrons. The quantitative estimate of drug-likeness (QED) is 0.891. The fourth-order valence-corrected chi connectivity index (χ4v) is 4.66. The molecule has 0 aliphatic heterocycles. The summed E-state index contributed by atoms with van der Waals surface area (Å²) in [5.41, 5.74) is 8.50. The predicted molar refractivity (Wildman–Crippen MR) is 79.0 cm³/mol. The summed E-state index contributed by atoms with van der Waals surface area (Å²) in [6.45, 7) is 0. The molecule has 2 aliphatic rings. The number of fused-ring (bicyclic) bond motifs is 1. The standard InChI is InChI=1S/C15H22N2O2S/c16-14-6-1-2-7-15(14)17-20(18,19)13-9-8-11-4-3-5-12(11)10-13/h8-10,14-15,17H,1-7,16H2. The van der Waals surface area contributed by atoms with E-state index in [9.17, 15) is 8.42 Å². The molecule has 0 bridgehead atoms. The Morgan fingerprint density at radius 2 is 1.80 bits per heavy atom.